The molecule has 0 N–H and O–H groups in total. The molecule has 1 heterocycles. The molecular formula is C7H9NOS. The van der Waals surface area contributed by atoms with E-state index in [4.69, 9.17) is 0 Å². The summed E-state index contributed by atoms with van der Waals surface area (Å²) in [6.45, 7) is 3.94. The highest BCUT2D eigenvalue weighted by Crippen LogP contribution is 2.30. The highest BCUT2D eigenvalue weighted by atomic mass is 32.1. The van der Waals surface area contributed by atoms with Gasteiger partial charge in [0.15, 0.2) is 0 Å². The standard InChI is InChI=1S/C7H9NOS/c1-3-6-7(8-9)5(2)4-10-6/h4H,3H2,1-2H3. The van der Waals surface area contributed by atoms with Crippen molar-refractivity contribution in [3.8, 4) is 0 Å². The summed E-state index contributed by atoms with van der Waals surface area (Å²) in [5, 5.41) is 4.93. The van der Waals surface area contributed by atoms with Gasteiger partial charge in [0.1, 0.15) is 5.69 Å². The Morgan fingerprint density at radius 1 is 1.70 bits per heavy atom. The van der Waals surface area contributed by atoms with E-state index in [1.165, 1.54) is 0 Å². The first kappa shape index (κ1) is 7.41. The van der Waals surface area contributed by atoms with Crippen LogP contribution >= 0.6 is 11.3 Å². The Labute approximate surface area is 63.9 Å². The average molecular weight is 155 g/mol. The van der Waals surface area contributed by atoms with Gasteiger partial charge < -0.3 is 0 Å². The summed E-state index contributed by atoms with van der Waals surface area (Å²) in [5.41, 5.74) is 1.64. The maximum atomic E-state index is 10.2. The smallest absolute Gasteiger partial charge is 0.124 e. The molecule has 0 amide bonds. The maximum absolute atomic E-state index is 10.2. The zero-order valence-corrected chi connectivity index (χ0v) is 6.86. The topological polar surface area (TPSA) is 29.4 Å². The van der Waals surface area contributed by atoms with Crippen LogP contribution in [0.25, 0.3) is 0 Å². The highest BCUT2D eigenvalue weighted by molar-refractivity contribution is 7.10. The van der Waals surface area contributed by atoms with Crippen LogP contribution < -0.4 is 0 Å². The Balaban J connectivity index is 3.12. The Kier molecular flexibility index (Phi) is 2.17. The van der Waals surface area contributed by atoms with Crippen LogP contribution in [0.3, 0.4) is 0 Å². The fourth-order valence-corrected chi connectivity index (χ4v) is 1.77. The molecule has 0 radical (unpaired) electrons. The predicted molar refractivity (Wildman–Crippen MR) is 43.9 cm³/mol. The van der Waals surface area contributed by atoms with Gasteiger partial charge in [-0.2, -0.15) is 0 Å². The summed E-state index contributed by atoms with van der Waals surface area (Å²) in [6.07, 6.45) is 0.902. The molecule has 1 aromatic rings. The van der Waals surface area contributed by atoms with Crippen LogP contribution in [0, 0.1) is 11.8 Å². The first-order valence-corrected chi connectivity index (χ1v) is 4.07. The van der Waals surface area contributed by atoms with Gasteiger partial charge in [0.05, 0.1) is 0 Å². The van der Waals surface area contributed by atoms with Crippen molar-refractivity contribution < 1.29 is 0 Å². The minimum absolute atomic E-state index is 0.646. The third kappa shape index (κ3) is 1.09. The number of rotatable bonds is 2. The minimum atomic E-state index is 0.646. The van der Waals surface area contributed by atoms with E-state index in [1.807, 2.05) is 19.2 Å². The molecule has 0 fully saturated rings. The van der Waals surface area contributed by atoms with E-state index in [1.54, 1.807) is 11.3 Å². The molecule has 0 aliphatic rings. The van der Waals surface area contributed by atoms with E-state index in [0.29, 0.717) is 5.69 Å². The van der Waals surface area contributed by atoms with Gasteiger partial charge in [-0.05, 0) is 29.5 Å². The fourth-order valence-electron chi connectivity index (χ4n) is 0.865. The van der Waals surface area contributed by atoms with E-state index in [2.05, 4.69) is 5.18 Å². The third-order valence-corrected chi connectivity index (χ3v) is 2.67. The van der Waals surface area contributed by atoms with Gasteiger partial charge in [-0.3, -0.25) is 0 Å². The number of nitroso groups, excluding NO2 is 1. The van der Waals surface area contributed by atoms with Crippen LogP contribution in [0.1, 0.15) is 17.4 Å². The lowest BCUT2D eigenvalue weighted by Gasteiger charge is -1.88. The van der Waals surface area contributed by atoms with Crippen LogP contribution in [0.4, 0.5) is 5.69 Å². The van der Waals surface area contributed by atoms with Crippen molar-refractivity contribution in [2.45, 2.75) is 20.3 Å². The van der Waals surface area contributed by atoms with E-state index in [-0.39, 0.29) is 0 Å². The molecule has 0 aliphatic carbocycles. The molecule has 0 unspecified atom stereocenters. The predicted octanol–water partition coefficient (Wildman–Crippen LogP) is 3.02. The van der Waals surface area contributed by atoms with Gasteiger partial charge in [-0.25, -0.2) is 0 Å². The molecule has 0 spiro atoms. The number of aryl methyl sites for hydroxylation is 2. The number of hydrogen-bond acceptors (Lipinski definition) is 3. The van der Waals surface area contributed by atoms with Crippen LogP contribution in [0.5, 0.6) is 0 Å². The molecule has 1 aromatic heterocycles. The van der Waals surface area contributed by atoms with E-state index in [0.717, 1.165) is 16.9 Å². The van der Waals surface area contributed by atoms with Crippen LogP contribution in [0.2, 0.25) is 0 Å². The Bertz CT molecular complexity index is 242. The summed E-state index contributed by atoms with van der Waals surface area (Å²) in [7, 11) is 0. The number of hydrogen-bond donors (Lipinski definition) is 0. The van der Waals surface area contributed by atoms with Crippen molar-refractivity contribution >= 4 is 17.0 Å². The molecule has 0 saturated heterocycles. The van der Waals surface area contributed by atoms with Gasteiger partial charge in [-0.15, -0.1) is 16.2 Å². The lowest BCUT2D eigenvalue weighted by Crippen LogP contribution is -1.71. The largest absolute Gasteiger partial charge is 0.146 e. The van der Waals surface area contributed by atoms with Gasteiger partial charge in [0.2, 0.25) is 0 Å². The molecule has 0 atom stereocenters. The molecule has 0 saturated carbocycles. The maximum Gasteiger partial charge on any atom is 0.124 e. The molecule has 10 heavy (non-hydrogen) atoms. The third-order valence-electron chi connectivity index (χ3n) is 1.43. The van der Waals surface area contributed by atoms with Gasteiger partial charge in [0.25, 0.3) is 0 Å². The summed E-state index contributed by atoms with van der Waals surface area (Å²) >= 11 is 1.61. The molecule has 1 rings (SSSR count). The quantitative estimate of drug-likeness (QED) is 0.603. The van der Waals surface area contributed by atoms with Crippen LogP contribution in [0.15, 0.2) is 10.6 Å². The second kappa shape index (κ2) is 2.92. The second-order valence-electron chi connectivity index (χ2n) is 2.14. The van der Waals surface area contributed by atoms with Crippen molar-refractivity contribution in [2.24, 2.45) is 5.18 Å². The monoisotopic (exact) mass is 155 g/mol. The highest BCUT2D eigenvalue weighted by Gasteiger charge is 2.05. The van der Waals surface area contributed by atoms with Crippen LogP contribution in [-0.4, -0.2) is 0 Å². The summed E-state index contributed by atoms with van der Waals surface area (Å²) in [5.74, 6) is 0. The summed E-state index contributed by atoms with van der Waals surface area (Å²) in [4.78, 5) is 11.3. The zero-order chi connectivity index (χ0) is 7.56. The normalized spacial score (nSPS) is 9.80. The second-order valence-corrected chi connectivity index (χ2v) is 3.10. The van der Waals surface area contributed by atoms with Crippen molar-refractivity contribution in [3.63, 3.8) is 0 Å². The Morgan fingerprint density at radius 3 is 2.80 bits per heavy atom. The SMILES string of the molecule is CCc1scc(C)c1N=O. The summed E-state index contributed by atoms with van der Waals surface area (Å²) in [6, 6.07) is 0. The lowest BCUT2D eigenvalue weighted by atomic mass is 10.2. The number of thiophene rings is 1. The molecule has 2 nitrogen and oxygen atoms in total. The van der Waals surface area contributed by atoms with E-state index >= 15 is 0 Å². The molecule has 0 bridgehead atoms. The fraction of sp³-hybridized carbons (Fsp3) is 0.429. The van der Waals surface area contributed by atoms with Gasteiger partial charge in [-0.1, -0.05) is 6.92 Å². The average Bonchev–Trinajstić information content (AvgIpc) is 2.30. The first-order chi connectivity index (χ1) is 4.79. The van der Waals surface area contributed by atoms with Crippen molar-refractivity contribution in [1.29, 1.82) is 0 Å². The Hall–Kier alpha value is -0.700. The van der Waals surface area contributed by atoms with Gasteiger partial charge >= 0.3 is 0 Å². The summed E-state index contributed by atoms with van der Waals surface area (Å²) < 4.78 is 0. The number of nitrogens with zero attached hydrogens (tertiary/aromatic N) is 1. The van der Waals surface area contributed by atoms with Crippen molar-refractivity contribution in [2.75, 3.05) is 0 Å². The zero-order valence-electron chi connectivity index (χ0n) is 6.05. The molecule has 54 valence electrons. The Morgan fingerprint density at radius 2 is 2.40 bits per heavy atom. The van der Waals surface area contributed by atoms with E-state index < -0.39 is 0 Å². The minimum Gasteiger partial charge on any atom is -0.146 e. The van der Waals surface area contributed by atoms with E-state index in [9.17, 15) is 4.91 Å². The molecule has 0 aliphatic heterocycles. The van der Waals surface area contributed by atoms with Crippen LogP contribution in [-0.2, 0) is 6.42 Å². The van der Waals surface area contributed by atoms with Crippen molar-refractivity contribution in [1.82, 2.24) is 0 Å². The lowest BCUT2D eigenvalue weighted by molar-refractivity contribution is 1.17. The van der Waals surface area contributed by atoms with Crippen molar-refractivity contribution in [3.05, 3.63) is 20.7 Å². The molecule has 0 aromatic carbocycles. The molecular weight excluding hydrogens is 146 g/mol. The first-order valence-electron chi connectivity index (χ1n) is 3.20. The van der Waals surface area contributed by atoms with Gasteiger partial charge in [0, 0.05) is 4.88 Å². The molecule has 3 heteroatoms.